The second kappa shape index (κ2) is 7.09. The largest absolute Gasteiger partial charge is 0.309 e. The highest BCUT2D eigenvalue weighted by Crippen LogP contribution is 2.34. The van der Waals surface area contributed by atoms with Gasteiger partial charge in [0.05, 0.1) is 5.02 Å². The van der Waals surface area contributed by atoms with Crippen LogP contribution in [0.1, 0.15) is 35.4 Å². The Balaban J connectivity index is 2.06. The predicted molar refractivity (Wildman–Crippen MR) is 85.2 cm³/mol. The van der Waals surface area contributed by atoms with Gasteiger partial charge in [0.15, 0.2) is 0 Å². The lowest BCUT2D eigenvalue weighted by atomic mass is 10.0. The molecule has 1 unspecified atom stereocenters. The molecule has 0 saturated heterocycles. The molecular formula is C16H20ClNS. The van der Waals surface area contributed by atoms with Crippen LogP contribution in [0.25, 0.3) is 0 Å². The topological polar surface area (TPSA) is 12.0 Å². The van der Waals surface area contributed by atoms with Crippen molar-refractivity contribution in [3.63, 3.8) is 0 Å². The average Bonchev–Trinajstić information content (AvgIpc) is 2.76. The van der Waals surface area contributed by atoms with Crippen molar-refractivity contribution in [3.8, 4) is 0 Å². The highest BCUT2D eigenvalue weighted by atomic mass is 35.5. The Morgan fingerprint density at radius 2 is 2.00 bits per heavy atom. The fourth-order valence-corrected chi connectivity index (χ4v) is 3.65. The van der Waals surface area contributed by atoms with Crippen molar-refractivity contribution in [2.75, 3.05) is 6.54 Å². The number of rotatable bonds is 6. The van der Waals surface area contributed by atoms with Gasteiger partial charge in [0.1, 0.15) is 0 Å². The first kappa shape index (κ1) is 14.6. The zero-order chi connectivity index (χ0) is 13.7. The molecule has 0 saturated carbocycles. The lowest BCUT2D eigenvalue weighted by Gasteiger charge is -2.17. The van der Waals surface area contributed by atoms with Gasteiger partial charge in [-0.3, -0.25) is 0 Å². The molecule has 1 aromatic carbocycles. The van der Waals surface area contributed by atoms with E-state index in [1.54, 1.807) is 11.3 Å². The second-order valence-electron chi connectivity index (χ2n) is 4.73. The summed E-state index contributed by atoms with van der Waals surface area (Å²) in [5, 5.41) is 6.63. The van der Waals surface area contributed by atoms with Gasteiger partial charge in [-0.05, 0) is 42.8 Å². The summed E-state index contributed by atoms with van der Waals surface area (Å²) >= 11 is 8.16. The number of halogens is 1. The van der Waals surface area contributed by atoms with Gasteiger partial charge in [-0.2, -0.15) is 0 Å². The smallest absolute Gasteiger partial charge is 0.0590 e. The fraction of sp³-hybridized carbons (Fsp3) is 0.375. The molecule has 1 aromatic heterocycles. The minimum Gasteiger partial charge on any atom is -0.309 e. The summed E-state index contributed by atoms with van der Waals surface area (Å²) in [7, 11) is 0. The zero-order valence-corrected chi connectivity index (χ0v) is 13.0. The van der Waals surface area contributed by atoms with Gasteiger partial charge in [-0.25, -0.2) is 0 Å². The molecule has 0 bridgehead atoms. The van der Waals surface area contributed by atoms with Crippen molar-refractivity contribution < 1.29 is 0 Å². The molecule has 19 heavy (non-hydrogen) atoms. The van der Waals surface area contributed by atoms with E-state index in [1.165, 1.54) is 16.0 Å². The molecule has 1 atom stereocenters. The van der Waals surface area contributed by atoms with Crippen LogP contribution in [0, 0.1) is 6.92 Å². The van der Waals surface area contributed by atoms with Crippen molar-refractivity contribution in [1.29, 1.82) is 0 Å². The number of nitrogens with one attached hydrogen (secondary N) is 1. The Morgan fingerprint density at radius 3 is 2.58 bits per heavy atom. The first-order valence-electron chi connectivity index (χ1n) is 6.73. The van der Waals surface area contributed by atoms with Gasteiger partial charge >= 0.3 is 0 Å². The molecule has 3 heteroatoms. The summed E-state index contributed by atoms with van der Waals surface area (Å²) in [5.41, 5.74) is 2.57. The fourth-order valence-electron chi connectivity index (χ4n) is 2.21. The predicted octanol–water partition coefficient (Wildman–Crippen LogP) is 4.99. The first-order chi connectivity index (χ1) is 9.22. The minimum atomic E-state index is 0.358. The SMILES string of the molecule is CCNC(CCc1ccccc1)c1scc(C)c1Cl. The van der Waals surface area contributed by atoms with Crippen molar-refractivity contribution >= 4 is 22.9 Å². The molecule has 1 N–H and O–H groups in total. The maximum Gasteiger partial charge on any atom is 0.0590 e. The second-order valence-corrected chi connectivity index (χ2v) is 6.02. The summed E-state index contributed by atoms with van der Waals surface area (Å²) < 4.78 is 0. The van der Waals surface area contributed by atoms with Crippen LogP contribution >= 0.6 is 22.9 Å². The van der Waals surface area contributed by atoms with E-state index in [-0.39, 0.29) is 0 Å². The van der Waals surface area contributed by atoms with E-state index in [2.05, 4.69) is 54.9 Å². The van der Waals surface area contributed by atoms with Gasteiger partial charge in [0.25, 0.3) is 0 Å². The molecule has 0 spiro atoms. The van der Waals surface area contributed by atoms with E-state index in [9.17, 15) is 0 Å². The van der Waals surface area contributed by atoms with E-state index in [0.717, 1.165) is 24.4 Å². The highest BCUT2D eigenvalue weighted by molar-refractivity contribution is 7.10. The van der Waals surface area contributed by atoms with Crippen LogP contribution in [-0.4, -0.2) is 6.54 Å². The number of hydrogen-bond donors (Lipinski definition) is 1. The average molecular weight is 294 g/mol. The van der Waals surface area contributed by atoms with E-state index < -0.39 is 0 Å². The first-order valence-corrected chi connectivity index (χ1v) is 7.99. The summed E-state index contributed by atoms with van der Waals surface area (Å²) in [6, 6.07) is 11.0. The molecule has 2 aromatic rings. The van der Waals surface area contributed by atoms with Crippen LogP contribution < -0.4 is 5.32 Å². The summed E-state index contributed by atoms with van der Waals surface area (Å²) in [6.07, 6.45) is 2.16. The number of thiophene rings is 1. The molecule has 102 valence electrons. The van der Waals surface area contributed by atoms with E-state index in [1.807, 2.05) is 0 Å². The molecule has 0 radical (unpaired) electrons. The standard InChI is InChI=1S/C16H20ClNS/c1-3-18-14(16-15(17)12(2)11-19-16)10-9-13-7-5-4-6-8-13/h4-8,11,14,18H,3,9-10H2,1-2H3. The van der Waals surface area contributed by atoms with Crippen molar-refractivity contribution in [3.05, 3.63) is 56.7 Å². The van der Waals surface area contributed by atoms with E-state index in [0.29, 0.717) is 6.04 Å². The van der Waals surface area contributed by atoms with Crippen LogP contribution in [0.2, 0.25) is 5.02 Å². The zero-order valence-electron chi connectivity index (χ0n) is 11.4. The van der Waals surface area contributed by atoms with Gasteiger partial charge in [-0.1, -0.05) is 48.9 Å². The maximum absolute atomic E-state index is 6.39. The lowest BCUT2D eigenvalue weighted by molar-refractivity contribution is 0.523. The molecule has 0 aliphatic heterocycles. The molecule has 2 rings (SSSR count). The minimum absolute atomic E-state index is 0.358. The highest BCUT2D eigenvalue weighted by Gasteiger charge is 2.17. The van der Waals surface area contributed by atoms with Crippen molar-refractivity contribution in [1.82, 2.24) is 5.32 Å². The molecule has 0 amide bonds. The third kappa shape index (κ3) is 3.82. The number of aryl methyl sites for hydroxylation is 2. The van der Waals surface area contributed by atoms with Gasteiger partial charge in [0.2, 0.25) is 0 Å². The van der Waals surface area contributed by atoms with Crippen molar-refractivity contribution in [2.24, 2.45) is 0 Å². The number of benzene rings is 1. The van der Waals surface area contributed by atoms with Gasteiger partial charge < -0.3 is 5.32 Å². The quantitative estimate of drug-likeness (QED) is 0.791. The third-order valence-corrected chi connectivity index (χ3v) is 5.08. The summed E-state index contributed by atoms with van der Waals surface area (Å²) in [6.45, 7) is 5.18. The van der Waals surface area contributed by atoms with E-state index >= 15 is 0 Å². The van der Waals surface area contributed by atoms with Crippen LogP contribution in [0.3, 0.4) is 0 Å². The van der Waals surface area contributed by atoms with Gasteiger partial charge in [0, 0.05) is 10.9 Å². The van der Waals surface area contributed by atoms with Crippen LogP contribution in [0.4, 0.5) is 0 Å². The molecular weight excluding hydrogens is 274 g/mol. The Kier molecular flexibility index (Phi) is 5.44. The van der Waals surface area contributed by atoms with Gasteiger partial charge in [-0.15, -0.1) is 11.3 Å². The lowest BCUT2D eigenvalue weighted by Crippen LogP contribution is -2.20. The van der Waals surface area contributed by atoms with Crippen LogP contribution in [0.5, 0.6) is 0 Å². The molecule has 0 aliphatic rings. The summed E-state index contributed by atoms with van der Waals surface area (Å²) in [4.78, 5) is 1.27. The summed E-state index contributed by atoms with van der Waals surface area (Å²) in [5.74, 6) is 0. The third-order valence-electron chi connectivity index (χ3n) is 3.26. The van der Waals surface area contributed by atoms with Crippen molar-refractivity contribution in [2.45, 2.75) is 32.7 Å². The Hall–Kier alpha value is -0.830. The Bertz CT molecular complexity index is 507. The van der Waals surface area contributed by atoms with Crippen LogP contribution in [-0.2, 0) is 6.42 Å². The van der Waals surface area contributed by atoms with Crippen LogP contribution in [0.15, 0.2) is 35.7 Å². The monoisotopic (exact) mass is 293 g/mol. The Labute approximate surface area is 124 Å². The Morgan fingerprint density at radius 1 is 1.26 bits per heavy atom. The maximum atomic E-state index is 6.39. The molecule has 1 heterocycles. The normalized spacial score (nSPS) is 12.6. The number of hydrogen-bond acceptors (Lipinski definition) is 2. The molecule has 1 nitrogen and oxygen atoms in total. The molecule has 0 aliphatic carbocycles. The van der Waals surface area contributed by atoms with E-state index in [4.69, 9.17) is 11.6 Å². The molecule has 0 fully saturated rings.